The number of carbonyl (C=O) groups excluding carboxylic acids is 1. The maximum absolute atomic E-state index is 14.6. The summed E-state index contributed by atoms with van der Waals surface area (Å²) in [5, 5.41) is 2.94. The van der Waals surface area contributed by atoms with E-state index in [0.29, 0.717) is 43.3 Å². The summed E-state index contributed by atoms with van der Waals surface area (Å²) in [6, 6.07) is 15.3. The van der Waals surface area contributed by atoms with Crippen molar-refractivity contribution in [1.82, 2.24) is 20.2 Å². The zero-order valence-electron chi connectivity index (χ0n) is 18.2. The Kier molecular flexibility index (Phi) is 7.19. The van der Waals surface area contributed by atoms with E-state index in [1.165, 1.54) is 6.20 Å². The molecule has 1 amide bonds. The van der Waals surface area contributed by atoms with Crippen LogP contribution in [-0.4, -0.2) is 47.1 Å². The van der Waals surface area contributed by atoms with Gasteiger partial charge in [-0.1, -0.05) is 54.1 Å². The minimum Gasteiger partial charge on any atom is -0.379 e. The summed E-state index contributed by atoms with van der Waals surface area (Å²) in [5.41, 5.74) is 4.13. The minimum atomic E-state index is -0.535. The monoisotopic (exact) mass is 434 g/mol. The molecule has 0 aliphatic carbocycles. The van der Waals surface area contributed by atoms with Crippen LogP contribution in [0.1, 0.15) is 22.5 Å². The molecule has 3 aromatic rings. The Morgan fingerprint density at radius 3 is 2.62 bits per heavy atom. The molecule has 2 heterocycles. The SMILES string of the molecule is Cc1cccc(CNC(=O)Cc2ccc(-c3cnc(CN4CCOCC4)nc3F)cc2)c1. The van der Waals surface area contributed by atoms with E-state index in [4.69, 9.17) is 4.74 Å². The summed E-state index contributed by atoms with van der Waals surface area (Å²) in [6.07, 6.45) is 1.80. The third-order valence-corrected chi connectivity index (χ3v) is 5.46. The number of rotatable bonds is 7. The molecule has 1 N–H and O–H groups in total. The van der Waals surface area contributed by atoms with E-state index >= 15 is 0 Å². The van der Waals surface area contributed by atoms with Gasteiger partial charge in [0.05, 0.1) is 31.7 Å². The number of aryl methyl sites for hydroxylation is 1. The summed E-state index contributed by atoms with van der Waals surface area (Å²) in [4.78, 5) is 22.8. The molecule has 32 heavy (non-hydrogen) atoms. The molecule has 1 aliphatic heterocycles. The lowest BCUT2D eigenvalue weighted by atomic mass is 10.0. The molecule has 0 radical (unpaired) electrons. The largest absolute Gasteiger partial charge is 0.379 e. The van der Waals surface area contributed by atoms with Gasteiger partial charge in [-0.25, -0.2) is 9.97 Å². The van der Waals surface area contributed by atoms with Crippen LogP contribution >= 0.6 is 0 Å². The minimum absolute atomic E-state index is 0.0544. The summed E-state index contributed by atoms with van der Waals surface area (Å²) in [6.45, 7) is 5.99. The molecule has 0 bridgehead atoms. The molecule has 0 spiro atoms. The number of hydrogen-bond donors (Lipinski definition) is 1. The lowest BCUT2D eigenvalue weighted by Crippen LogP contribution is -2.36. The van der Waals surface area contributed by atoms with Gasteiger partial charge in [-0.2, -0.15) is 4.39 Å². The van der Waals surface area contributed by atoms with Gasteiger partial charge in [-0.15, -0.1) is 0 Å². The Balaban J connectivity index is 1.34. The van der Waals surface area contributed by atoms with E-state index < -0.39 is 5.95 Å². The Bertz CT molecular complexity index is 1070. The summed E-state index contributed by atoms with van der Waals surface area (Å²) < 4.78 is 20.0. The van der Waals surface area contributed by atoms with E-state index in [1.807, 2.05) is 37.3 Å². The van der Waals surface area contributed by atoms with Crippen LogP contribution in [0.25, 0.3) is 11.1 Å². The first-order valence-electron chi connectivity index (χ1n) is 10.8. The number of amides is 1. The molecule has 0 unspecified atom stereocenters. The van der Waals surface area contributed by atoms with Gasteiger partial charge in [0, 0.05) is 25.8 Å². The third kappa shape index (κ3) is 5.96. The Morgan fingerprint density at radius 2 is 1.91 bits per heavy atom. The van der Waals surface area contributed by atoms with Crippen molar-refractivity contribution >= 4 is 5.91 Å². The molecule has 1 fully saturated rings. The Hall–Kier alpha value is -3.16. The fourth-order valence-corrected chi connectivity index (χ4v) is 3.70. The molecule has 4 rings (SSSR count). The van der Waals surface area contributed by atoms with E-state index in [2.05, 4.69) is 26.3 Å². The van der Waals surface area contributed by atoms with Gasteiger partial charge in [0.25, 0.3) is 0 Å². The van der Waals surface area contributed by atoms with E-state index in [-0.39, 0.29) is 12.3 Å². The summed E-state index contributed by atoms with van der Waals surface area (Å²) in [5.74, 6) is -0.122. The highest BCUT2D eigenvalue weighted by Gasteiger charge is 2.15. The maximum Gasteiger partial charge on any atom is 0.224 e. The quantitative estimate of drug-likeness (QED) is 0.578. The second-order valence-corrected chi connectivity index (χ2v) is 8.02. The van der Waals surface area contributed by atoms with Crippen LogP contribution in [0.3, 0.4) is 0 Å². The first-order valence-corrected chi connectivity index (χ1v) is 10.8. The Morgan fingerprint density at radius 1 is 1.12 bits per heavy atom. The highest BCUT2D eigenvalue weighted by Crippen LogP contribution is 2.22. The van der Waals surface area contributed by atoms with Gasteiger partial charge < -0.3 is 10.1 Å². The van der Waals surface area contributed by atoms with E-state index in [9.17, 15) is 9.18 Å². The Labute approximate surface area is 187 Å². The second-order valence-electron chi connectivity index (χ2n) is 8.02. The topological polar surface area (TPSA) is 67.4 Å². The van der Waals surface area contributed by atoms with Crippen LogP contribution in [0.5, 0.6) is 0 Å². The highest BCUT2D eigenvalue weighted by molar-refractivity contribution is 5.78. The maximum atomic E-state index is 14.6. The zero-order valence-corrected chi connectivity index (χ0v) is 18.2. The van der Waals surface area contributed by atoms with Crippen molar-refractivity contribution in [3.05, 3.63) is 83.2 Å². The highest BCUT2D eigenvalue weighted by atomic mass is 19.1. The van der Waals surface area contributed by atoms with Gasteiger partial charge in [-0.3, -0.25) is 9.69 Å². The lowest BCUT2D eigenvalue weighted by Gasteiger charge is -2.25. The predicted octanol–water partition coefficient (Wildman–Crippen LogP) is 3.28. The first kappa shape index (κ1) is 22.0. The van der Waals surface area contributed by atoms with Crippen LogP contribution in [0, 0.1) is 12.9 Å². The van der Waals surface area contributed by atoms with Gasteiger partial charge in [-0.05, 0) is 23.6 Å². The number of nitrogens with zero attached hydrogens (tertiary/aromatic N) is 3. The average molecular weight is 435 g/mol. The molecule has 0 saturated carbocycles. The van der Waals surface area contributed by atoms with Crippen molar-refractivity contribution in [1.29, 1.82) is 0 Å². The van der Waals surface area contributed by atoms with Crippen LogP contribution in [0.2, 0.25) is 0 Å². The van der Waals surface area contributed by atoms with Crippen molar-refractivity contribution in [2.75, 3.05) is 26.3 Å². The number of halogens is 1. The van der Waals surface area contributed by atoms with Crippen molar-refractivity contribution in [2.24, 2.45) is 0 Å². The third-order valence-electron chi connectivity index (χ3n) is 5.46. The molecule has 1 aromatic heterocycles. The standard InChI is InChI=1S/C25H27FN4O2/c1-18-3-2-4-20(13-18)15-28-24(31)14-19-5-7-21(8-6-19)22-16-27-23(29-25(22)26)17-30-9-11-32-12-10-30/h2-8,13,16H,9-12,14-15,17H2,1H3,(H,28,31). The number of nitrogens with one attached hydrogen (secondary N) is 1. The van der Waals surface area contributed by atoms with Crippen molar-refractivity contribution in [3.8, 4) is 11.1 Å². The molecule has 0 atom stereocenters. The van der Waals surface area contributed by atoms with E-state index in [0.717, 1.165) is 29.8 Å². The average Bonchev–Trinajstić information content (AvgIpc) is 2.79. The summed E-state index contributed by atoms with van der Waals surface area (Å²) >= 11 is 0. The molecule has 1 saturated heterocycles. The first-order chi connectivity index (χ1) is 15.6. The van der Waals surface area contributed by atoms with Crippen LogP contribution in [-0.2, 0) is 29.0 Å². The van der Waals surface area contributed by atoms with Crippen LogP contribution in [0.15, 0.2) is 54.7 Å². The van der Waals surface area contributed by atoms with Gasteiger partial charge >= 0.3 is 0 Å². The molecule has 7 heteroatoms. The number of benzene rings is 2. The molecular formula is C25H27FN4O2. The number of morpholine rings is 1. The smallest absolute Gasteiger partial charge is 0.224 e. The van der Waals surface area contributed by atoms with Crippen molar-refractivity contribution in [2.45, 2.75) is 26.4 Å². The number of carbonyl (C=O) groups is 1. The zero-order chi connectivity index (χ0) is 22.3. The number of aromatic nitrogens is 2. The van der Waals surface area contributed by atoms with Crippen LogP contribution in [0.4, 0.5) is 4.39 Å². The molecule has 6 nitrogen and oxygen atoms in total. The normalized spacial score (nSPS) is 14.3. The summed E-state index contributed by atoms with van der Waals surface area (Å²) in [7, 11) is 0. The molecule has 2 aromatic carbocycles. The fraction of sp³-hybridized carbons (Fsp3) is 0.320. The fourth-order valence-electron chi connectivity index (χ4n) is 3.70. The number of ether oxygens (including phenoxy) is 1. The molecule has 1 aliphatic rings. The predicted molar refractivity (Wildman–Crippen MR) is 120 cm³/mol. The van der Waals surface area contributed by atoms with Gasteiger partial charge in [0.15, 0.2) is 0 Å². The second kappa shape index (κ2) is 10.4. The van der Waals surface area contributed by atoms with Gasteiger partial charge in [0.1, 0.15) is 5.82 Å². The molecular weight excluding hydrogens is 407 g/mol. The molecule has 166 valence electrons. The number of hydrogen-bond acceptors (Lipinski definition) is 5. The van der Waals surface area contributed by atoms with Gasteiger partial charge in [0.2, 0.25) is 11.9 Å². The van der Waals surface area contributed by atoms with E-state index in [1.54, 1.807) is 12.1 Å². The lowest BCUT2D eigenvalue weighted by molar-refractivity contribution is -0.120. The van der Waals surface area contributed by atoms with Crippen molar-refractivity contribution < 1.29 is 13.9 Å². The van der Waals surface area contributed by atoms with Crippen LogP contribution < -0.4 is 5.32 Å². The van der Waals surface area contributed by atoms with Crippen molar-refractivity contribution in [3.63, 3.8) is 0 Å².